The molecule has 0 atom stereocenters. The zero-order chi connectivity index (χ0) is 11.4. The first-order valence-corrected chi connectivity index (χ1v) is 6.09. The Balaban J connectivity index is 1.90. The van der Waals surface area contributed by atoms with Crippen molar-refractivity contribution >= 4 is 0 Å². The van der Waals surface area contributed by atoms with Gasteiger partial charge in [0.25, 0.3) is 0 Å². The van der Waals surface area contributed by atoms with E-state index < -0.39 is 0 Å². The molecule has 0 aliphatic carbocycles. The largest absolute Gasteiger partial charge is 0.339 e. The lowest BCUT2D eigenvalue weighted by Gasteiger charge is -2.36. The predicted molar refractivity (Wildman–Crippen MR) is 61.0 cm³/mol. The van der Waals surface area contributed by atoms with Gasteiger partial charge in [0.2, 0.25) is 5.89 Å². The van der Waals surface area contributed by atoms with Gasteiger partial charge in [-0.05, 0) is 13.0 Å². The van der Waals surface area contributed by atoms with Crippen molar-refractivity contribution in [3.05, 3.63) is 11.7 Å². The highest BCUT2D eigenvalue weighted by molar-refractivity contribution is 4.90. The minimum atomic E-state index is 0.637. The van der Waals surface area contributed by atoms with Crippen LogP contribution in [0.3, 0.4) is 0 Å². The molecule has 1 N–H and O–H groups in total. The molecule has 1 saturated heterocycles. The van der Waals surface area contributed by atoms with Gasteiger partial charge >= 0.3 is 0 Å². The minimum Gasteiger partial charge on any atom is -0.339 e. The van der Waals surface area contributed by atoms with Crippen molar-refractivity contribution in [2.45, 2.75) is 39.3 Å². The van der Waals surface area contributed by atoms with Crippen LogP contribution in [0.25, 0.3) is 0 Å². The van der Waals surface area contributed by atoms with Crippen LogP contribution < -0.4 is 5.32 Å². The number of aryl methyl sites for hydroxylation is 1. The van der Waals surface area contributed by atoms with Crippen molar-refractivity contribution in [2.75, 3.05) is 19.6 Å². The lowest BCUT2D eigenvalue weighted by atomic mass is 10.1. The van der Waals surface area contributed by atoms with Crippen LogP contribution in [0.1, 0.15) is 32.0 Å². The fourth-order valence-corrected chi connectivity index (χ4v) is 1.88. The van der Waals surface area contributed by atoms with E-state index in [0.717, 1.165) is 50.7 Å². The molecule has 0 unspecified atom stereocenters. The Morgan fingerprint density at radius 3 is 2.81 bits per heavy atom. The molecule has 0 amide bonds. The van der Waals surface area contributed by atoms with Crippen molar-refractivity contribution in [2.24, 2.45) is 0 Å². The Labute approximate surface area is 96.2 Å². The maximum Gasteiger partial charge on any atom is 0.226 e. The lowest BCUT2D eigenvalue weighted by molar-refractivity contribution is 0.140. The first-order valence-electron chi connectivity index (χ1n) is 6.09. The molecule has 1 aliphatic rings. The van der Waals surface area contributed by atoms with Gasteiger partial charge in [0.05, 0.1) is 6.54 Å². The van der Waals surface area contributed by atoms with E-state index in [1.165, 1.54) is 0 Å². The maximum atomic E-state index is 5.18. The Hall–Kier alpha value is -0.940. The van der Waals surface area contributed by atoms with Crippen LogP contribution in [0, 0.1) is 0 Å². The van der Waals surface area contributed by atoms with Gasteiger partial charge in [-0.1, -0.05) is 19.0 Å². The fraction of sp³-hybridized carbons (Fsp3) is 0.818. The first kappa shape index (κ1) is 11.5. The van der Waals surface area contributed by atoms with Crippen molar-refractivity contribution in [1.82, 2.24) is 20.4 Å². The van der Waals surface area contributed by atoms with Gasteiger partial charge in [0, 0.05) is 25.6 Å². The summed E-state index contributed by atoms with van der Waals surface area (Å²) in [5, 5.41) is 7.30. The molecule has 0 bridgehead atoms. The van der Waals surface area contributed by atoms with Gasteiger partial charge in [-0.2, -0.15) is 4.98 Å². The minimum absolute atomic E-state index is 0.637. The summed E-state index contributed by atoms with van der Waals surface area (Å²) in [4.78, 5) is 6.77. The molecule has 0 spiro atoms. The molecule has 16 heavy (non-hydrogen) atoms. The summed E-state index contributed by atoms with van der Waals surface area (Å²) in [6.45, 7) is 8.27. The van der Waals surface area contributed by atoms with Gasteiger partial charge in [-0.25, -0.2) is 0 Å². The van der Waals surface area contributed by atoms with E-state index in [9.17, 15) is 0 Å². The van der Waals surface area contributed by atoms with Gasteiger partial charge in [0.1, 0.15) is 0 Å². The summed E-state index contributed by atoms with van der Waals surface area (Å²) in [6, 6.07) is 0.637. The Morgan fingerprint density at radius 2 is 2.25 bits per heavy atom. The van der Waals surface area contributed by atoms with Gasteiger partial charge < -0.3 is 9.84 Å². The Kier molecular flexibility index (Phi) is 3.90. The summed E-state index contributed by atoms with van der Waals surface area (Å²) in [5.74, 6) is 1.58. The smallest absolute Gasteiger partial charge is 0.226 e. The Bertz CT molecular complexity index is 322. The van der Waals surface area contributed by atoms with E-state index in [-0.39, 0.29) is 0 Å². The van der Waals surface area contributed by atoms with Crippen molar-refractivity contribution < 1.29 is 4.52 Å². The molecule has 1 aromatic rings. The second-order valence-corrected chi connectivity index (χ2v) is 4.23. The van der Waals surface area contributed by atoms with E-state index in [2.05, 4.69) is 34.2 Å². The van der Waals surface area contributed by atoms with E-state index >= 15 is 0 Å². The second kappa shape index (κ2) is 5.41. The van der Waals surface area contributed by atoms with Crippen LogP contribution in [-0.4, -0.2) is 40.7 Å². The Morgan fingerprint density at radius 1 is 1.44 bits per heavy atom. The molecule has 0 radical (unpaired) electrons. The van der Waals surface area contributed by atoms with E-state index in [1.54, 1.807) is 0 Å². The zero-order valence-electron chi connectivity index (χ0n) is 10.1. The third-order valence-corrected chi connectivity index (χ3v) is 3.00. The average molecular weight is 224 g/mol. The molecular weight excluding hydrogens is 204 g/mol. The SMILES string of the molecule is CCCc1nc(CN(CC)C2CNC2)no1. The highest BCUT2D eigenvalue weighted by Crippen LogP contribution is 2.09. The maximum absolute atomic E-state index is 5.18. The fourth-order valence-electron chi connectivity index (χ4n) is 1.88. The van der Waals surface area contributed by atoms with Crippen LogP contribution in [-0.2, 0) is 13.0 Å². The first-order chi connectivity index (χ1) is 7.83. The molecule has 2 rings (SSSR count). The molecule has 90 valence electrons. The lowest BCUT2D eigenvalue weighted by Crippen LogP contribution is -2.56. The molecule has 1 fully saturated rings. The number of nitrogens with zero attached hydrogens (tertiary/aromatic N) is 3. The third kappa shape index (κ3) is 2.59. The second-order valence-electron chi connectivity index (χ2n) is 4.23. The van der Waals surface area contributed by atoms with Crippen molar-refractivity contribution in [3.8, 4) is 0 Å². The standard InChI is InChI=1S/C11H20N4O/c1-3-5-11-13-10(14-16-11)8-15(4-2)9-6-12-7-9/h9,12H,3-8H2,1-2H3. The number of rotatable bonds is 6. The van der Waals surface area contributed by atoms with E-state index in [4.69, 9.17) is 4.52 Å². The molecule has 0 saturated carbocycles. The van der Waals surface area contributed by atoms with E-state index in [0.29, 0.717) is 6.04 Å². The van der Waals surface area contributed by atoms with Gasteiger partial charge in [-0.15, -0.1) is 0 Å². The van der Waals surface area contributed by atoms with Crippen LogP contribution in [0.15, 0.2) is 4.52 Å². The van der Waals surface area contributed by atoms with Crippen molar-refractivity contribution in [3.63, 3.8) is 0 Å². The number of likely N-dealkylation sites (N-methyl/N-ethyl adjacent to an activating group) is 1. The third-order valence-electron chi connectivity index (χ3n) is 3.00. The van der Waals surface area contributed by atoms with Gasteiger partial charge in [0.15, 0.2) is 5.82 Å². The van der Waals surface area contributed by atoms with Crippen LogP contribution in [0.4, 0.5) is 0 Å². The summed E-state index contributed by atoms with van der Waals surface area (Å²) < 4.78 is 5.18. The number of hydrogen-bond acceptors (Lipinski definition) is 5. The van der Waals surface area contributed by atoms with Crippen LogP contribution in [0.5, 0.6) is 0 Å². The topological polar surface area (TPSA) is 54.2 Å². The summed E-state index contributed by atoms with van der Waals surface area (Å²) >= 11 is 0. The van der Waals surface area contributed by atoms with Crippen molar-refractivity contribution in [1.29, 1.82) is 0 Å². The monoisotopic (exact) mass is 224 g/mol. The predicted octanol–water partition coefficient (Wildman–Crippen LogP) is 0.816. The number of aromatic nitrogens is 2. The quantitative estimate of drug-likeness (QED) is 0.775. The van der Waals surface area contributed by atoms with Gasteiger partial charge in [-0.3, -0.25) is 4.90 Å². The average Bonchev–Trinajstić information content (AvgIpc) is 2.62. The normalized spacial score (nSPS) is 16.7. The molecule has 5 nitrogen and oxygen atoms in total. The van der Waals surface area contributed by atoms with Crippen LogP contribution >= 0.6 is 0 Å². The molecule has 5 heteroatoms. The summed E-state index contributed by atoms with van der Waals surface area (Å²) in [6.07, 6.45) is 1.93. The highest BCUT2D eigenvalue weighted by atomic mass is 16.5. The number of hydrogen-bond donors (Lipinski definition) is 1. The zero-order valence-corrected chi connectivity index (χ0v) is 10.1. The highest BCUT2D eigenvalue weighted by Gasteiger charge is 2.24. The molecule has 1 aromatic heterocycles. The summed E-state index contributed by atoms with van der Waals surface area (Å²) in [7, 11) is 0. The van der Waals surface area contributed by atoms with E-state index in [1.807, 2.05) is 0 Å². The summed E-state index contributed by atoms with van der Waals surface area (Å²) in [5.41, 5.74) is 0. The molecular formula is C11H20N4O. The molecule has 1 aliphatic heterocycles. The number of nitrogens with one attached hydrogen (secondary N) is 1. The molecule has 0 aromatic carbocycles. The van der Waals surface area contributed by atoms with Crippen LogP contribution in [0.2, 0.25) is 0 Å². The molecule has 2 heterocycles.